The van der Waals surface area contributed by atoms with Gasteiger partial charge in [0.1, 0.15) is 6.04 Å². The van der Waals surface area contributed by atoms with E-state index in [1.807, 2.05) is 0 Å². The summed E-state index contributed by atoms with van der Waals surface area (Å²) in [5.41, 5.74) is -0.249. The van der Waals surface area contributed by atoms with Crippen LogP contribution in [0.15, 0.2) is 10.5 Å². The van der Waals surface area contributed by atoms with Gasteiger partial charge in [-0.15, -0.1) is 0 Å². The molecule has 3 N–H and O–H groups in total. The van der Waals surface area contributed by atoms with Crippen molar-refractivity contribution in [2.24, 2.45) is 5.92 Å². The Balaban J connectivity index is 2.20. The Morgan fingerprint density at radius 2 is 2.00 bits per heavy atom. The number of phenolic OH excluding ortho intramolecular Hbond substituents is 1. The van der Waals surface area contributed by atoms with Crippen LogP contribution in [0.1, 0.15) is 18.4 Å². The van der Waals surface area contributed by atoms with Gasteiger partial charge in [-0.25, -0.2) is 9.18 Å². The van der Waals surface area contributed by atoms with Gasteiger partial charge in [-0.2, -0.15) is 4.39 Å². The van der Waals surface area contributed by atoms with E-state index in [4.69, 9.17) is 5.11 Å². The third-order valence-corrected chi connectivity index (χ3v) is 3.80. The Morgan fingerprint density at radius 1 is 1.38 bits per heavy atom. The lowest BCUT2D eigenvalue weighted by Gasteiger charge is -2.15. The Morgan fingerprint density at radius 3 is 2.52 bits per heavy atom. The average molecular weight is 364 g/mol. The fourth-order valence-electron chi connectivity index (χ4n) is 1.84. The third kappa shape index (κ3) is 3.49. The number of carboxylic acid groups (broad SMARTS) is 1. The molecule has 1 atom stereocenters. The summed E-state index contributed by atoms with van der Waals surface area (Å²) >= 11 is 2.85. The summed E-state index contributed by atoms with van der Waals surface area (Å²) in [5, 5.41) is 20.6. The van der Waals surface area contributed by atoms with Gasteiger partial charge in [0.05, 0.1) is 4.47 Å². The molecule has 0 bridgehead atoms. The van der Waals surface area contributed by atoms with E-state index >= 15 is 0 Å². The van der Waals surface area contributed by atoms with Crippen molar-refractivity contribution in [3.05, 3.63) is 27.7 Å². The molecule has 1 fully saturated rings. The van der Waals surface area contributed by atoms with Crippen LogP contribution in [-0.2, 0) is 16.0 Å². The number of aliphatic carboxylic acids is 1. The quantitative estimate of drug-likeness (QED) is 0.698. The predicted octanol–water partition coefficient (Wildman–Crippen LogP) is 1.95. The van der Waals surface area contributed by atoms with Crippen LogP contribution in [0.3, 0.4) is 0 Å². The minimum atomic E-state index is -1.46. The molecule has 8 heteroatoms. The van der Waals surface area contributed by atoms with Crippen molar-refractivity contribution in [3.8, 4) is 5.75 Å². The van der Waals surface area contributed by atoms with Crippen LogP contribution in [0.2, 0.25) is 0 Å². The molecule has 2 rings (SSSR count). The number of benzene rings is 1. The highest BCUT2D eigenvalue weighted by atomic mass is 79.9. The van der Waals surface area contributed by atoms with Gasteiger partial charge in [-0.05, 0) is 40.4 Å². The van der Waals surface area contributed by atoms with Gasteiger partial charge in [-0.3, -0.25) is 4.79 Å². The van der Waals surface area contributed by atoms with Crippen molar-refractivity contribution in [3.63, 3.8) is 0 Å². The lowest BCUT2D eigenvalue weighted by molar-refractivity contribution is -0.142. The summed E-state index contributed by atoms with van der Waals surface area (Å²) in [5.74, 6) is -5.61. The SMILES string of the molecule is O=C(NC(Cc1cc(Br)c(O)c(F)c1F)C(=O)O)C1CC1. The number of phenols is 1. The van der Waals surface area contributed by atoms with E-state index < -0.39 is 41.7 Å². The zero-order valence-corrected chi connectivity index (χ0v) is 12.3. The number of hydrogen-bond acceptors (Lipinski definition) is 3. The number of amides is 1. The fourth-order valence-corrected chi connectivity index (χ4v) is 2.29. The smallest absolute Gasteiger partial charge is 0.326 e. The molecule has 1 amide bonds. The summed E-state index contributed by atoms with van der Waals surface area (Å²) in [6.45, 7) is 0. The van der Waals surface area contributed by atoms with Gasteiger partial charge < -0.3 is 15.5 Å². The Labute approximate surface area is 127 Å². The molecule has 114 valence electrons. The highest BCUT2D eigenvalue weighted by molar-refractivity contribution is 9.10. The number of hydrogen-bond donors (Lipinski definition) is 3. The lowest BCUT2D eigenvalue weighted by Crippen LogP contribution is -2.43. The van der Waals surface area contributed by atoms with E-state index in [1.165, 1.54) is 0 Å². The lowest BCUT2D eigenvalue weighted by atomic mass is 10.0. The molecule has 1 aliphatic carbocycles. The van der Waals surface area contributed by atoms with Gasteiger partial charge in [0.2, 0.25) is 11.7 Å². The fraction of sp³-hybridized carbons (Fsp3) is 0.385. The maximum atomic E-state index is 13.7. The number of carboxylic acids is 1. The largest absolute Gasteiger partial charge is 0.504 e. The number of carbonyl (C=O) groups is 2. The van der Waals surface area contributed by atoms with Crippen molar-refractivity contribution in [2.45, 2.75) is 25.3 Å². The molecule has 21 heavy (non-hydrogen) atoms. The third-order valence-electron chi connectivity index (χ3n) is 3.20. The molecule has 0 aromatic heterocycles. The second-order valence-corrected chi connectivity index (χ2v) is 5.73. The maximum absolute atomic E-state index is 13.7. The second-order valence-electron chi connectivity index (χ2n) is 4.87. The van der Waals surface area contributed by atoms with Gasteiger partial charge in [0.15, 0.2) is 11.6 Å². The first kappa shape index (κ1) is 15.7. The molecular weight excluding hydrogens is 352 g/mol. The molecule has 0 heterocycles. The van der Waals surface area contributed by atoms with Crippen LogP contribution in [0.4, 0.5) is 8.78 Å². The van der Waals surface area contributed by atoms with Crippen LogP contribution < -0.4 is 5.32 Å². The Hall–Kier alpha value is -1.70. The van der Waals surface area contributed by atoms with Crippen LogP contribution in [0, 0.1) is 17.6 Å². The van der Waals surface area contributed by atoms with E-state index in [2.05, 4.69) is 21.2 Å². The van der Waals surface area contributed by atoms with Gasteiger partial charge >= 0.3 is 5.97 Å². The van der Waals surface area contributed by atoms with E-state index in [-0.39, 0.29) is 16.0 Å². The molecule has 1 unspecified atom stereocenters. The standard InChI is InChI=1S/C13H12BrF2NO4/c14-7-3-6(9(15)10(16)11(7)18)4-8(13(20)21)17-12(19)5-1-2-5/h3,5,8,18H,1-2,4H2,(H,17,19)(H,20,21). The van der Waals surface area contributed by atoms with E-state index in [0.29, 0.717) is 12.8 Å². The van der Waals surface area contributed by atoms with E-state index in [1.54, 1.807) is 0 Å². The van der Waals surface area contributed by atoms with Crippen molar-refractivity contribution in [1.29, 1.82) is 0 Å². The van der Waals surface area contributed by atoms with Crippen molar-refractivity contribution in [2.75, 3.05) is 0 Å². The molecule has 0 radical (unpaired) electrons. The normalized spacial score (nSPS) is 15.6. The number of rotatable bonds is 5. The van der Waals surface area contributed by atoms with Crippen LogP contribution >= 0.6 is 15.9 Å². The van der Waals surface area contributed by atoms with Gasteiger partial charge in [0, 0.05) is 12.3 Å². The van der Waals surface area contributed by atoms with Crippen LogP contribution in [0.25, 0.3) is 0 Å². The number of aromatic hydroxyl groups is 1. The summed E-state index contributed by atoms with van der Waals surface area (Å²) in [6, 6.07) is -0.268. The first-order valence-electron chi connectivity index (χ1n) is 6.19. The number of carbonyl (C=O) groups excluding carboxylic acids is 1. The van der Waals surface area contributed by atoms with Crippen molar-refractivity contribution in [1.82, 2.24) is 5.32 Å². The second kappa shape index (κ2) is 5.97. The molecule has 0 spiro atoms. The van der Waals surface area contributed by atoms with Crippen LogP contribution in [-0.4, -0.2) is 28.1 Å². The number of halogens is 3. The first-order chi connectivity index (χ1) is 9.81. The summed E-state index contributed by atoms with van der Waals surface area (Å²) in [6.07, 6.45) is 0.979. The molecule has 1 aromatic carbocycles. The van der Waals surface area contributed by atoms with Crippen LogP contribution in [0.5, 0.6) is 5.75 Å². The topological polar surface area (TPSA) is 86.6 Å². The van der Waals surface area contributed by atoms with E-state index in [0.717, 1.165) is 6.07 Å². The zero-order chi connectivity index (χ0) is 15.7. The molecule has 1 aromatic rings. The van der Waals surface area contributed by atoms with E-state index in [9.17, 15) is 23.5 Å². The Bertz CT molecular complexity index is 604. The minimum Gasteiger partial charge on any atom is -0.504 e. The van der Waals surface area contributed by atoms with Crippen molar-refractivity contribution < 1.29 is 28.6 Å². The molecule has 0 saturated heterocycles. The monoisotopic (exact) mass is 363 g/mol. The molecule has 1 saturated carbocycles. The summed E-state index contributed by atoms with van der Waals surface area (Å²) in [4.78, 5) is 22.7. The molecule has 1 aliphatic rings. The molecule has 0 aliphatic heterocycles. The highest BCUT2D eigenvalue weighted by Gasteiger charge is 2.33. The van der Waals surface area contributed by atoms with Gasteiger partial charge in [0.25, 0.3) is 0 Å². The average Bonchev–Trinajstić information content (AvgIpc) is 3.25. The molecular formula is C13H12BrF2NO4. The zero-order valence-electron chi connectivity index (χ0n) is 10.7. The maximum Gasteiger partial charge on any atom is 0.326 e. The molecule has 5 nitrogen and oxygen atoms in total. The minimum absolute atomic E-state index is 0.0888. The summed E-state index contributed by atoms with van der Waals surface area (Å²) < 4.78 is 27.0. The highest BCUT2D eigenvalue weighted by Crippen LogP contribution is 2.32. The van der Waals surface area contributed by atoms with Gasteiger partial charge in [-0.1, -0.05) is 0 Å². The first-order valence-corrected chi connectivity index (χ1v) is 6.99. The van der Waals surface area contributed by atoms with Crippen molar-refractivity contribution >= 4 is 27.8 Å². The number of nitrogens with one attached hydrogen (secondary N) is 1. The summed E-state index contributed by atoms with van der Waals surface area (Å²) in [7, 11) is 0. The Kier molecular flexibility index (Phi) is 4.46. The predicted molar refractivity (Wildman–Crippen MR) is 71.7 cm³/mol.